The summed E-state index contributed by atoms with van der Waals surface area (Å²) in [7, 11) is 0. The van der Waals surface area contributed by atoms with Crippen LogP contribution in [-0.4, -0.2) is 16.0 Å². The fourth-order valence-electron chi connectivity index (χ4n) is 2.21. The maximum Gasteiger partial charge on any atom is 0.342 e. The van der Waals surface area contributed by atoms with Crippen molar-refractivity contribution in [2.45, 2.75) is 26.2 Å². The molecule has 1 N–H and O–H groups in total. The first-order chi connectivity index (χ1) is 10.7. The zero-order chi connectivity index (χ0) is 17.2. The average Bonchev–Trinajstić information content (AvgIpc) is 2.46. The third kappa shape index (κ3) is 3.66. The Hall–Kier alpha value is -2.89. The minimum absolute atomic E-state index is 0.160. The molecule has 0 saturated heterocycles. The summed E-state index contributed by atoms with van der Waals surface area (Å²) in [6.45, 7) is 6.11. The number of nitro benzene ring substituents is 1. The van der Waals surface area contributed by atoms with Crippen LogP contribution < -0.4 is 4.74 Å². The quantitative estimate of drug-likeness (QED) is 0.668. The molecule has 6 heteroatoms. The van der Waals surface area contributed by atoms with Crippen molar-refractivity contribution in [3.63, 3.8) is 0 Å². The first-order valence-corrected chi connectivity index (χ1v) is 6.99. The van der Waals surface area contributed by atoms with Gasteiger partial charge in [0.05, 0.1) is 4.92 Å². The number of ether oxygens (including phenoxy) is 1. The van der Waals surface area contributed by atoms with Gasteiger partial charge in [-0.25, -0.2) is 4.79 Å². The van der Waals surface area contributed by atoms with E-state index in [1.165, 1.54) is 12.1 Å². The number of aromatic carboxylic acids is 1. The summed E-state index contributed by atoms with van der Waals surface area (Å²) >= 11 is 0. The molecule has 23 heavy (non-hydrogen) atoms. The fraction of sp³-hybridized carbons (Fsp3) is 0.235. The Morgan fingerprint density at radius 2 is 1.83 bits per heavy atom. The van der Waals surface area contributed by atoms with Gasteiger partial charge in [-0.3, -0.25) is 10.1 Å². The highest BCUT2D eigenvalue weighted by Crippen LogP contribution is 2.35. The minimum Gasteiger partial charge on any atom is -0.477 e. The summed E-state index contributed by atoms with van der Waals surface area (Å²) in [4.78, 5) is 21.4. The van der Waals surface area contributed by atoms with E-state index in [1.807, 2.05) is 39.0 Å². The molecule has 6 nitrogen and oxygen atoms in total. The van der Waals surface area contributed by atoms with Gasteiger partial charge in [-0.2, -0.15) is 0 Å². The number of para-hydroxylation sites is 1. The van der Waals surface area contributed by atoms with Gasteiger partial charge in [0.25, 0.3) is 5.69 Å². The average molecular weight is 315 g/mol. The number of nitrogens with zero attached hydrogens (tertiary/aromatic N) is 1. The van der Waals surface area contributed by atoms with E-state index in [0.29, 0.717) is 5.75 Å². The normalized spacial score (nSPS) is 11.1. The van der Waals surface area contributed by atoms with Crippen LogP contribution in [0.3, 0.4) is 0 Å². The Bertz CT molecular complexity index is 762. The van der Waals surface area contributed by atoms with Crippen LogP contribution in [0.25, 0.3) is 0 Å². The van der Waals surface area contributed by atoms with Gasteiger partial charge in [-0.05, 0) is 17.5 Å². The molecule has 0 atom stereocenters. The second kappa shape index (κ2) is 6.08. The minimum atomic E-state index is -1.37. The summed E-state index contributed by atoms with van der Waals surface area (Å²) in [5.41, 5.74) is -0.0718. The van der Waals surface area contributed by atoms with Crippen LogP contribution >= 0.6 is 0 Å². The van der Waals surface area contributed by atoms with Gasteiger partial charge in [0.1, 0.15) is 17.1 Å². The largest absolute Gasteiger partial charge is 0.477 e. The zero-order valence-corrected chi connectivity index (χ0v) is 13.1. The van der Waals surface area contributed by atoms with Crippen LogP contribution in [0.2, 0.25) is 0 Å². The van der Waals surface area contributed by atoms with Crippen molar-refractivity contribution >= 4 is 11.7 Å². The molecule has 2 aromatic rings. The number of nitro groups is 1. The molecule has 0 bridgehead atoms. The summed E-state index contributed by atoms with van der Waals surface area (Å²) in [5.74, 6) is -0.541. The fourth-order valence-corrected chi connectivity index (χ4v) is 2.21. The van der Waals surface area contributed by atoms with E-state index in [9.17, 15) is 14.9 Å². The van der Waals surface area contributed by atoms with Gasteiger partial charge in [0, 0.05) is 17.7 Å². The van der Waals surface area contributed by atoms with Crippen LogP contribution in [-0.2, 0) is 5.41 Å². The molecule has 0 spiro atoms. The van der Waals surface area contributed by atoms with Crippen LogP contribution in [0.4, 0.5) is 5.69 Å². The maximum atomic E-state index is 11.2. The molecule has 0 aliphatic carbocycles. The van der Waals surface area contributed by atoms with Crippen molar-refractivity contribution in [1.29, 1.82) is 0 Å². The lowest BCUT2D eigenvalue weighted by Gasteiger charge is -2.22. The highest BCUT2D eigenvalue weighted by molar-refractivity contribution is 5.92. The lowest BCUT2D eigenvalue weighted by Crippen LogP contribution is -2.12. The van der Waals surface area contributed by atoms with Crippen molar-refractivity contribution in [2.24, 2.45) is 0 Å². The Morgan fingerprint density at radius 1 is 1.17 bits per heavy atom. The third-order valence-electron chi connectivity index (χ3n) is 3.32. The molecule has 0 aliphatic heterocycles. The molecular formula is C17H17NO5. The van der Waals surface area contributed by atoms with E-state index < -0.39 is 22.1 Å². The lowest BCUT2D eigenvalue weighted by atomic mass is 9.86. The van der Waals surface area contributed by atoms with Crippen molar-refractivity contribution in [3.05, 3.63) is 63.7 Å². The van der Waals surface area contributed by atoms with Gasteiger partial charge >= 0.3 is 5.97 Å². The number of carbonyl (C=O) groups is 1. The topological polar surface area (TPSA) is 89.7 Å². The molecule has 0 aromatic heterocycles. The summed E-state index contributed by atoms with van der Waals surface area (Å²) < 4.78 is 5.78. The summed E-state index contributed by atoms with van der Waals surface area (Å²) in [6.07, 6.45) is 0. The van der Waals surface area contributed by atoms with Crippen molar-refractivity contribution in [1.82, 2.24) is 0 Å². The summed E-state index contributed by atoms with van der Waals surface area (Å²) in [6, 6.07) is 11.1. The lowest BCUT2D eigenvalue weighted by molar-refractivity contribution is -0.385. The molecule has 0 saturated carbocycles. The molecule has 0 unspecified atom stereocenters. The molecule has 0 fully saturated rings. The van der Waals surface area contributed by atoms with Crippen LogP contribution in [0.15, 0.2) is 42.5 Å². The van der Waals surface area contributed by atoms with E-state index in [1.54, 1.807) is 6.07 Å². The molecule has 2 rings (SSSR count). The Balaban J connectivity index is 2.45. The van der Waals surface area contributed by atoms with E-state index in [4.69, 9.17) is 9.84 Å². The van der Waals surface area contributed by atoms with E-state index in [-0.39, 0.29) is 11.2 Å². The van der Waals surface area contributed by atoms with Crippen LogP contribution in [0, 0.1) is 10.1 Å². The highest BCUT2D eigenvalue weighted by Gasteiger charge is 2.22. The van der Waals surface area contributed by atoms with E-state index >= 15 is 0 Å². The van der Waals surface area contributed by atoms with E-state index in [2.05, 4.69) is 0 Å². The van der Waals surface area contributed by atoms with Gasteiger partial charge < -0.3 is 9.84 Å². The van der Waals surface area contributed by atoms with Gasteiger partial charge in [-0.1, -0.05) is 39.0 Å². The molecule has 0 radical (unpaired) electrons. The molecule has 0 amide bonds. The SMILES string of the molecule is CC(C)(C)c1ccccc1Oc1ccc([N+](=O)[O-])c(C(=O)O)c1. The Labute approximate surface area is 133 Å². The first kappa shape index (κ1) is 16.5. The number of carboxylic acids is 1. The van der Waals surface area contributed by atoms with Crippen molar-refractivity contribution < 1.29 is 19.6 Å². The van der Waals surface area contributed by atoms with Crippen molar-refractivity contribution in [2.75, 3.05) is 0 Å². The monoisotopic (exact) mass is 315 g/mol. The second-order valence-electron chi connectivity index (χ2n) is 6.09. The number of hydrogen-bond acceptors (Lipinski definition) is 4. The number of rotatable bonds is 4. The molecule has 120 valence electrons. The predicted octanol–water partition coefficient (Wildman–Crippen LogP) is 4.38. The molecular weight excluding hydrogens is 298 g/mol. The molecule has 2 aromatic carbocycles. The first-order valence-electron chi connectivity index (χ1n) is 6.99. The molecule has 0 heterocycles. The predicted molar refractivity (Wildman–Crippen MR) is 85.3 cm³/mol. The van der Waals surface area contributed by atoms with Gasteiger partial charge in [0.15, 0.2) is 0 Å². The van der Waals surface area contributed by atoms with Crippen LogP contribution in [0.1, 0.15) is 36.7 Å². The van der Waals surface area contributed by atoms with Gasteiger partial charge in [-0.15, -0.1) is 0 Å². The third-order valence-corrected chi connectivity index (χ3v) is 3.32. The zero-order valence-electron chi connectivity index (χ0n) is 13.1. The second-order valence-corrected chi connectivity index (χ2v) is 6.09. The van der Waals surface area contributed by atoms with Crippen molar-refractivity contribution in [3.8, 4) is 11.5 Å². The number of benzene rings is 2. The maximum absolute atomic E-state index is 11.2. The standard InChI is InChI=1S/C17H17NO5/c1-17(2,3)13-6-4-5-7-15(13)23-11-8-9-14(18(21)22)12(10-11)16(19)20/h4-10H,1-3H3,(H,19,20). The molecule has 0 aliphatic rings. The van der Waals surface area contributed by atoms with E-state index in [0.717, 1.165) is 11.6 Å². The van der Waals surface area contributed by atoms with Gasteiger partial charge in [0.2, 0.25) is 0 Å². The Kier molecular flexibility index (Phi) is 4.36. The Morgan fingerprint density at radius 3 is 2.39 bits per heavy atom. The highest BCUT2D eigenvalue weighted by atomic mass is 16.6. The number of hydrogen-bond donors (Lipinski definition) is 1. The summed E-state index contributed by atoms with van der Waals surface area (Å²) in [5, 5.41) is 20.0. The van der Waals surface area contributed by atoms with Crippen LogP contribution in [0.5, 0.6) is 11.5 Å². The smallest absolute Gasteiger partial charge is 0.342 e. The number of carboxylic acid groups (broad SMARTS) is 1.